The molecule has 2 aromatic heterocycles. The van der Waals surface area contributed by atoms with E-state index in [9.17, 15) is 14.4 Å². The Morgan fingerprint density at radius 3 is 2.58 bits per heavy atom. The Kier molecular flexibility index (Phi) is 7.61. The minimum atomic E-state index is -0.517. The van der Waals surface area contributed by atoms with Crippen LogP contribution >= 0.6 is 0 Å². The van der Waals surface area contributed by atoms with Gasteiger partial charge in [0, 0.05) is 35.8 Å². The number of carbonyl (C=O) groups is 3. The molecule has 8 heteroatoms. The number of H-pyrrole nitrogens is 1. The number of rotatable bonds is 9. The van der Waals surface area contributed by atoms with Gasteiger partial charge in [-0.3, -0.25) is 14.6 Å². The lowest BCUT2D eigenvalue weighted by atomic mass is 10.0. The summed E-state index contributed by atoms with van der Waals surface area (Å²) in [4.78, 5) is 47.4. The SMILES string of the molecule is CCOC(=O)c1[nH]c(C)c(C(=O)CN(Cc2cccnc2)C(=O)c2cccc(OC)c2)c1C. The number of Topliss-reactive ketones (excluding diaryl/α,β-unsaturated/α-hetero) is 1. The number of benzene rings is 1. The van der Waals surface area contributed by atoms with Gasteiger partial charge in [-0.15, -0.1) is 0 Å². The third-order valence-corrected chi connectivity index (χ3v) is 5.23. The Morgan fingerprint density at radius 1 is 1.12 bits per heavy atom. The van der Waals surface area contributed by atoms with E-state index < -0.39 is 5.97 Å². The Balaban J connectivity index is 1.92. The fourth-order valence-electron chi connectivity index (χ4n) is 3.68. The van der Waals surface area contributed by atoms with Crippen molar-refractivity contribution in [2.24, 2.45) is 0 Å². The van der Waals surface area contributed by atoms with Crippen LogP contribution in [0.2, 0.25) is 0 Å². The molecule has 1 N–H and O–H groups in total. The molecule has 1 aromatic carbocycles. The van der Waals surface area contributed by atoms with Gasteiger partial charge in [-0.2, -0.15) is 0 Å². The lowest BCUT2D eigenvalue weighted by molar-refractivity contribution is 0.0519. The molecular formula is C25H27N3O5. The number of nitrogens with one attached hydrogen (secondary N) is 1. The van der Waals surface area contributed by atoms with Crippen molar-refractivity contribution in [3.05, 3.63) is 82.4 Å². The quantitative estimate of drug-likeness (QED) is 0.394. The maximum atomic E-state index is 13.4. The molecule has 0 atom stereocenters. The molecular weight excluding hydrogens is 422 g/mol. The van der Waals surface area contributed by atoms with Crippen molar-refractivity contribution in [2.45, 2.75) is 27.3 Å². The molecule has 172 valence electrons. The summed E-state index contributed by atoms with van der Waals surface area (Å²) >= 11 is 0. The number of ketones is 1. The van der Waals surface area contributed by atoms with Crippen LogP contribution in [0.5, 0.6) is 5.75 Å². The second kappa shape index (κ2) is 10.6. The number of amides is 1. The van der Waals surface area contributed by atoms with E-state index in [4.69, 9.17) is 9.47 Å². The summed E-state index contributed by atoms with van der Waals surface area (Å²) in [5, 5.41) is 0. The summed E-state index contributed by atoms with van der Waals surface area (Å²) in [6.07, 6.45) is 3.30. The van der Waals surface area contributed by atoms with Crippen LogP contribution in [0.3, 0.4) is 0 Å². The van der Waals surface area contributed by atoms with E-state index in [0.29, 0.717) is 28.1 Å². The van der Waals surface area contributed by atoms with Gasteiger partial charge in [0.2, 0.25) is 0 Å². The highest BCUT2D eigenvalue weighted by Crippen LogP contribution is 2.21. The van der Waals surface area contributed by atoms with Crippen molar-refractivity contribution < 1.29 is 23.9 Å². The minimum absolute atomic E-state index is 0.174. The predicted octanol–water partition coefficient (Wildman–Crippen LogP) is 3.74. The third-order valence-electron chi connectivity index (χ3n) is 5.23. The molecule has 0 unspecified atom stereocenters. The molecule has 0 saturated carbocycles. The Hall–Kier alpha value is -3.94. The predicted molar refractivity (Wildman–Crippen MR) is 123 cm³/mol. The number of aromatic nitrogens is 2. The Labute approximate surface area is 192 Å². The highest BCUT2D eigenvalue weighted by Gasteiger charge is 2.26. The van der Waals surface area contributed by atoms with Crippen LogP contribution in [-0.4, -0.2) is 52.8 Å². The number of ether oxygens (including phenoxy) is 2. The van der Waals surface area contributed by atoms with Gasteiger partial charge in [0.1, 0.15) is 11.4 Å². The van der Waals surface area contributed by atoms with E-state index in [1.807, 2.05) is 6.07 Å². The van der Waals surface area contributed by atoms with Crippen molar-refractivity contribution in [3.63, 3.8) is 0 Å². The number of hydrogen-bond donors (Lipinski definition) is 1. The van der Waals surface area contributed by atoms with Gasteiger partial charge in [-0.1, -0.05) is 12.1 Å². The largest absolute Gasteiger partial charge is 0.497 e. The standard InChI is InChI=1S/C25H27N3O5/c1-5-33-25(31)23-16(2)22(17(3)27-23)21(29)15-28(14-18-8-7-11-26-13-18)24(30)19-9-6-10-20(12-19)32-4/h6-13,27H,5,14-15H2,1-4H3. The zero-order valence-electron chi connectivity index (χ0n) is 19.2. The van der Waals surface area contributed by atoms with Crippen molar-refractivity contribution >= 4 is 17.7 Å². The van der Waals surface area contributed by atoms with Gasteiger partial charge in [-0.25, -0.2) is 4.79 Å². The van der Waals surface area contributed by atoms with Gasteiger partial charge in [0.25, 0.3) is 5.91 Å². The monoisotopic (exact) mass is 449 g/mol. The summed E-state index contributed by atoms with van der Waals surface area (Å²) < 4.78 is 10.3. The first-order valence-corrected chi connectivity index (χ1v) is 10.6. The summed E-state index contributed by atoms with van der Waals surface area (Å²) in [7, 11) is 1.53. The van der Waals surface area contributed by atoms with Gasteiger partial charge in [0.15, 0.2) is 5.78 Å². The van der Waals surface area contributed by atoms with Crippen LogP contribution in [-0.2, 0) is 11.3 Å². The first-order chi connectivity index (χ1) is 15.8. The van der Waals surface area contributed by atoms with Crippen LogP contribution in [0.1, 0.15) is 54.9 Å². The number of hydrogen-bond acceptors (Lipinski definition) is 6. The van der Waals surface area contributed by atoms with E-state index >= 15 is 0 Å². The van der Waals surface area contributed by atoms with E-state index in [1.54, 1.807) is 63.5 Å². The molecule has 3 aromatic rings. The summed E-state index contributed by atoms with van der Waals surface area (Å²) in [6, 6.07) is 10.4. The van der Waals surface area contributed by atoms with Crippen molar-refractivity contribution in [1.82, 2.24) is 14.9 Å². The fourth-order valence-corrected chi connectivity index (χ4v) is 3.68. The maximum absolute atomic E-state index is 13.4. The summed E-state index contributed by atoms with van der Waals surface area (Å²) in [6.45, 7) is 5.38. The second-order valence-corrected chi connectivity index (χ2v) is 7.52. The van der Waals surface area contributed by atoms with Gasteiger partial charge >= 0.3 is 5.97 Å². The van der Waals surface area contributed by atoms with E-state index in [2.05, 4.69) is 9.97 Å². The first-order valence-electron chi connectivity index (χ1n) is 10.6. The lowest BCUT2D eigenvalue weighted by Gasteiger charge is -2.22. The van der Waals surface area contributed by atoms with Crippen LogP contribution in [0, 0.1) is 13.8 Å². The number of methoxy groups -OCH3 is 1. The molecule has 0 aliphatic rings. The molecule has 33 heavy (non-hydrogen) atoms. The third kappa shape index (κ3) is 5.46. The van der Waals surface area contributed by atoms with E-state index in [-0.39, 0.29) is 37.1 Å². The molecule has 0 saturated heterocycles. The lowest BCUT2D eigenvalue weighted by Crippen LogP contribution is -2.35. The number of nitrogens with zero attached hydrogens (tertiary/aromatic N) is 2. The van der Waals surface area contributed by atoms with Crippen molar-refractivity contribution in [2.75, 3.05) is 20.3 Å². The average Bonchev–Trinajstić information content (AvgIpc) is 3.13. The second-order valence-electron chi connectivity index (χ2n) is 7.52. The molecule has 8 nitrogen and oxygen atoms in total. The average molecular weight is 450 g/mol. The van der Waals surface area contributed by atoms with E-state index in [0.717, 1.165) is 5.56 Å². The normalized spacial score (nSPS) is 10.5. The van der Waals surface area contributed by atoms with E-state index in [1.165, 1.54) is 12.0 Å². The molecule has 0 fully saturated rings. The van der Waals surface area contributed by atoms with Crippen molar-refractivity contribution in [1.29, 1.82) is 0 Å². The van der Waals surface area contributed by atoms with Crippen LogP contribution in [0.15, 0.2) is 48.8 Å². The number of aryl methyl sites for hydroxylation is 1. The Bertz CT molecular complexity index is 1150. The van der Waals surface area contributed by atoms with Gasteiger partial charge in [-0.05, 0) is 56.2 Å². The highest BCUT2D eigenvalue weighted by atomic mass is 16.5. The Morgan fingerprint density at radius 2 is 1.91 bits per heavy atom. The molecule has 1 amide bonds. The fraction of sp³-hybridized carbons (Fsp3) is 0.280. The molecule has 0 bridgehead atoms. The molecule has 0 radical (unpaired) electrons. The zero-order chi connectivity index (χ0) is 24.0. The van der Waals surface area contributed by atoms with Crippen LogP contribution in [0.4, 0.5) is 0 Å². The number of pyridine rings is 1. The topological polar surface area (TPSA) is 102 Å². The summed E-state index contributed by atoms with van der Waals surface area (Å²) in [5.74, 6) is -0.568. The highest BCUT2D eigenvalue weighted by molar-refractivity contribution is 6.05. The number of aromatic amines is 1. The number of carbonyl (C=O) groups excluding carboxylic acids is 3. The molecule has 0 spiro atoms. The maximum Gasteiger partial charge on any atom is 0.355 e. The smallest absolute Gasteiger partial charge is 0.355 e. The molecule has 0 aliphatic heterocycles. The molecule has 0 aliphatic carbocycles. The van der Waals surface area contributed by atoms with Crippen LogP contribution in [0.25, 0.3) is 0 Å². The van der Waals surface area contributed by atoms with Gasteiger partial charge < -0.3 is 19.4 Å². The first kappa shape index (κ1) is 23.7. The summed E-state index contributed by atoms with van der Waals surface area (Å²) in [5.41, 5.74) is 2.88. The zero-order valence-corrected chi connectivity index (χ0v) is 19.2. The van der Waals surface area contributed by atoms with Crippen molar-refractivity contribution in [3.8, 4) is 5.75 Å². The molecule has 3 rings (SSSR count). The van der Waals surface area contributed by atoms with Gasteiger partial charge in [0.05, 0.1) is 20.3 Å². The van der Waals surface area contributed by atoms with Crippen LogP contribution < -0.4 is 4.74 Å². The number of esters is 1. The minimum Gasteiger partial charge on any atom is -0.497 e. The molecule has 2 heterocycles.